The predicted molar refractivity (Wildman–Crippen MR) is 75.0 cm³/mol. The summed E-state index contributed by atoms with van der Waals surface area (Å²) in [5.41, 5.74) is 1.08. The molecule has 0 atom stereocenters. The van der Waals surface area contributed by atoms with Gasteiger partial charge in [-0.1, -0.05) is 0 Å². The molecule has 2 aromatic heterocycles. The second kappa shape index (κ2) is 4.97. The van der Waals surface area contributed by atoms with Gasteiger partial charge in [0.1, 0.15) is 17.5 Å². The van der Waals surface area contributed by atoms with Crippen LogP contribution in [0.3, 0.4) is 0 Å². The number of fused-ring (bicyclic) bond motifs is 1. The van der Waals surface area contributed by atoms with Gasteiger partial charge in [-0.2, -0.15) is 0 Å². The van der Waals surface area contributed by atoms with Gasteiger partial charge < -0.3 is 9.88 Å². The van der Waals surface area contributed by atoms with Crippen LogP contribution in [-0.4, -0.2) is 15.5 Å². The van der Waals surface area contributed by atoms with Crippen molar-refractivity contribution in [2.24, 2.45) is 7.05 Å². The Bertz CT molecular complexity index is 825. The van der Waals surface area contributed by atoms with Crippen LogP contribution < -0.4 is 5.32 Å². The van der Waals surface area contributed by atoms with Crippen molar-refractivity contribution in [3.05, 3.63) is 59.9 Å². The number of hydrogen-bond donors (Lipinski definition) is 1. The predicted octanol–water partition coefficient (Wildman–Crippen LogP) is 3.10. The van der Waals surface area contributed by atoms with Gasteiger partial charge in [0.15, 0.2) is 0 Å². The number of carbonyl (C=O) groups excluding carboxylic acids is 1. The lowest BCUT2D eigenvalue weighted by molar-refractivity contribution is 0.102. The Balaban J connectivity index is 1.98. The molecule has 1 aromatic carbocycles. The third-order valence-corrected chi connectivity index (χ3v) is 3.17. The first kappa shape index (κ1) is 13.2. The molecule has 0 saturated carbocycles. The van der Waals surface area contributed by atoms with Crippen LogP contribution in [-0.2, 0) is 7.05 Å². The summed E-state index contributed by atoms with van der Waals surface area (Å²) in [6, 6.07) is 6.82. The van der Waals surface area contributed by atoms with Gasteiger partial charge in [-0.3, -0.25) is 4.79 Å². The van der Waals surface area contributed by atoms with Gasteiger partial charge in [0.2, 0.25) is 0 Å². The maximum absolute atomic E-state index is 13.4. The molecule has 21 heavy (non-hydrogen) atoms. The minimum Gasteiger partial charge on any atom is -0.350 e. The fraction of sp³-hybridized carbons (Fsp3) is 0.0667. The normalized spacial score (nSPS) is 10.8. The number of hydrogen-bond acceptors (Lipinski definition) is 2. The minimum absolute atomic E-state index is 0.231. The topological polar surface area (TPSA) is 46.9 Å². The van der Waals surface area contributed by atoms with E-state index < -0.39 is 17.5 Å². The lowest BCUT2D eigenvalue weighted by Gasteiger charge is -2.03. The monoisotopic (exact) mass is 287 g/mol. The SMILES string of the molecule is Cn1cc(C(=O)Nc2ccc(F)cn2)c2cc(F)ccc21. The summed E-state index contributed by atoms with van der Waals surface area (Å²) in [5.74, 6) is -1.09. The van der Waals surface area contributed by atoms with Crippen molar-refractivity contribution in [3.8, 4) is 0 Å². The van der Waals surface area contributed by atoms with Crippen LogP contribution >= 0.6 is 0 Å². The molecule has 0 aliphatic rings. The minimum atomic E-state index is -0.486. The van der Waals surface area contributed by atoms with Gasteiger partial charge in [0.25, 0.3) is 5.91 Å². The Morgan fingerprint density at radius 3 is 2.67 bits per heavy atom. The summed E-state index contributed by atoms with van der Waals surface area (Å²) >= 11 is 0. The van der Waals surface area contributed by atoms with Crippen LogP contribution in [0.2, 0.25) is 0 Å². The highest BCUT2D eigenvalue weighted by molar-refractivity contribution is 6.12. The third kappa shape index (κ3) is 2.47. The van der Waals surface area contributed by atoms with Gasteiger partial charge in [0.05, 0.1) is 11.8 Å². The van der Waals surface area contributed by atoms with E-state index in [4.69, 9.17) is 0 Å². The van der Waals surface area contributed by atoms with Crippen LogP contribution in [0.15, 0.2) is 42.7 Å². The molecule has 0 radical (unpaired) electrons. The lowest BCUT2D eigenvalue weighted by atomic mass is 10.1. The van der Waals surface area contributed by atoms with E-state index in [0.717, 1.165) is 11.7 Å². The Labute approximate surface area is 119 Å². The maximum atomic E-state index is 13.4. The highest BCUT2D eigenvalue weighted by Crippen LogP contribution is 2.22. The van der Waals surface area contributed by atoms with Crippen LogP contribution in [0, 0.1) is 11.6 Å². The number of benzene rings is 1. The molecule has 0 bridgehead atoms. The molecule has 0 aliphatic carbocycles. The molecule has 0 spiro atoms. The van der Waals surface area contributed by atoms with E-state index in [-0.39, 0.29) is 5.82 Å². The number of aryl methyl sites for hydroxylation is 1. The van der Waals surface area contributed by atoms with Crippen molar-refractivity contribution < 1.29 is 13.6 Å². The molecular formula is C15H11F2N3O. The molecule has 3 aromatic rings. The zero-order valence-electron chi connectivity index (χ0n) is 11.1. The van der Waals surface area contributed by atoms with E-state index >= 15 is 0 Å². The summed E-state index contributed by atoms with van der Waals surface area (Å²) < 4.78 is 27.9. The van der Waals surface area contributed by atoms with Crippen molar-refractivity contribution in [3.63, 3.8) is 0 Å². The molecule has 0 saturated heterocycles. The maximum Gasteiger partial charge on any atom is 0.258 e. The smallest absolute Gasteiger partial charge is 0.258 e. The van der Waals surface area contributed by atoms with Crippen molar-refractivity contribution in [1.82, 2.24) is 9.55 Å². The van der Waals surface area contributed by atoms with Gasteiger partial charge in [-0.05, 0) is 30.3 Å². The van der Waals surface area contributed by atoms with Gasteiger partial charge in [-0.25, -0.2) is 13.8 Å². The number of amides is 1. The number of nitrogens with one attached hydrogen (secondary N) is 1. The van der Waals surface area contributed by atoms with Crippen LogP contribution in [0.1, 0.15) is 10.4 Å². The fourth-order valence-electron chi connectivity index (χ4n) is 2.18. The summed E-state index contributed by atoms with van der Waals surface area (Å²) in [5, 5.41) is 3.07. The molecule has 0 aliphatic heterocycles. The quantitative estimate of drug-likeness (QED) is 0.787. The van der Waals surface area contributed by atoms with Crippen LogP contribution in [0.25, 0.3) is 10.9 Å². The Morgan fingerprint density at radius 2 is 1.95 bits per heavy atom. The Morgan fingerprint density at radius 1 is 1.19 bits per heavy atom. The van der Waals surface area contributed by atoms with Gasteiger partial charge in [0, 0.05) is 24.1 Å². The molecule has 1 N–H and O–H groups in total. The van der Waals surface area contributed by atoms with E-state index in [1.807, 2.05) is 0 Å². The second-order valence-electron chi connectivity index (χ2n) is 4.63. The zero-order valence-corrected chi connectivity index (χ0v) is 11.1. The summed E-state index contributed by atoms with van der Waals surface area (Å²) in [7, 11) is 1.77. The molecule has 4 nitrogen and oxygen atoms in total. The molecule has 0 fully saturated rings. The lowest BCUT2D eigenvalue weighted by Crippen LogP contribution is -2.12. The third-order valence-electron chi connectivity index (χ3n) is 3.17. The van der Waals surface area contributed by atoms with Crippen molar-refractivity contribution >= 4 is 22.6 Å². The van der Waals surface area contributed by atoms with E-state index in [2.05, 4.69) is 10.3 Å². The Hall–Kier alpha value is -2.76. The number of anilines is 1. The average molecular weight is 287 g/mol. The first-order valence-corrected chi connectivity index (χ1v) is 6.22. The van der Waals surface area contributed by atoms with Crippen LogP contribution in [0.5, 0.6) is 0 Å². The molecule has 2 heterocycles. The van der Waals surface area contributed by atoms with Crippen molar-refractivity contribution in [2.75, 3.05) is 5.32 Å². The van der Waals surface area contributed by atoms with Crippen LogP contribution in [0.4, 0.5) is 14.6 Å². The second-order valence-corrected chi connectivity index (χ2v) is 4.63. The summed E-state index contributed by atoms with van der Waals surface area (Å²) in [6.45, 7) is 0. The first-order valence-electron chi connectivity index (χ1n) is 6.22. The molecule has 106 valence electrons. The average Bonchev–Trinajstić information content (AvgIpc) is 2.78. The number of nitrogens with zero attached hydrogens (tertiary/aromatic N) is 2. The molecule has 3 rings (SSSR count). The van der Waals surface area contributed by atoms with E-state index in [1.165, 1.54) is 24.3 Å². The molecule has 0 unspecified atom stereocenters. The summed E-state index contributed by atoms with van der Waals surface area (Å²) in [4.78, 5) is 16.0. The molecular weight excluding hydrogens is 276 g/mol. The standard InChI is InChI=1S/C15H11F2N3O/c1-20-8-12(11-6-9(16)2-4-13(11)20)15(21)19-14-5-3-10(17)7-18-14/h2-8H,1H3,(H,18,19,21). The fourth-order valence-corrected chi connectivity index (χ4v) is 2.18. The Kier molecular flexibility index (Phi) is 3.13. The van der Waals surface area contributed by atoms with Crippen molar-refractivity contribution in [1.29, 1.82) is 0 Å². The number of rotatable bonds is 2. The van der Waals surface area contributed by atoms with E-state index in [9.17, 15) is 13.6 Å². The zero-order chi connectivity index (χ0) is 15.0. The highest BCUT2D eigenvalue weighted by Gasteiger charge is 2.15. The number of pyridine rings is 1. The van der Waals surface area contributed by atoms with E-state index in [1.54, 1.807) is 23.9 Å². The van der Waals surface area contributed by atoms with Gasteiger partial charge >= 0.3 is 0 Å². The molecule has 1 amide bonds. The number of halogens is 2. The number of carbonyl (C=O) groups is 1. The van der Waals surface area contributed by atoms with Crippen molar-refractivity contribution in [2.45, 2.75) is 0 Å². The van der Waals surface area contributed by atoms with Gasteiger partial charge in [-0.15, -0.1) is 0 Å². The molecule has 6 heteroatoms. The first-order chi connectivity index (χ1) is 10.0. The number of aromatic nitrogens is 2. The van der Waals surface area contributed by atoms with E-state index in [0.29, 0.717) is 10.9 Å². The highest BCUT2D eigenvalue weighted by atomic mass is 19.1. The summed E-state index contributed by atoms with van der Waals surface area (Å²) in [6.07, 6.45) is 2.63. The largest absolute Gasteiger partial charge is 0.350 e.